The summed E-state index contributed by atoms with van der Waals surface area (Å²) in [5.74, 6) is -0.0756. The summed E-state index contributed by atoms with van der Waals surface area (Å²) in [5, 5.41) is 11.4. The van der Waals surface area contributed by atoms with E-state index >= 15 is 0 Å². The zero-order chi connectivity index (χ0) is 14.8. The number of nitro groups is 1. The topological polar surface area (TPSA) is 46.4 Å². The summed E-state index contributed by atoms with van der Waals surface area (Å²) in [6.45, 7) is 1.13. The Morgan fingerprint density at radius 1 is 1.05 bits per heavy atom. The highest BCUT2D eigenvalue weighted by Crippen LogP contribution is 2.33. The summed E-state index contributed by atoms with van der Waals surface area (Å²) >= 11 is 3.40. The monoisotopic (exact) mass is 346 g/mol. The molecule has 1 saturated heterocycles. The van der Waals surface area contributed by atoms with Crippen LogP contribution in [0.15, 0.2) is 59.1 Å². The number of halogens is 1. The second-order valence-electron chi connectivity index (χ2n) is 5.25. The lowest BCUT2D eigenvalue weighted by molar-refractivity contribution is -0.519. The number of nitrogens with zero attached hydrogens (tertiary/aromatic N) is 2. The first kappa shape index (κ1) is 14.1. The van der Waals surface area contributed by atoms with Gasteiger partial charge in [-0.3, -0.25) is 10.1 Å². The van der Waals surface area contributed by atoms with E-state index in [1.54, 1.807) is 0 Å². The summed E-state index contributed by atoms with van der Waals surface area (Å²) in [7, 11) is 0. The van der Waals surface area contributed by atoms with Gasteiger partial charge >= 0.3 is 0 Å². The Bertz CT molecular complexity index is 630. The van der Waals surface area contributed by atoms with E-state index in [9.17, 15) is 10.1 Å². The van der Waals surface area contributed by atoms with Crippen LogP contribution in [0, 0.1) is 10.1 Å². The molecule has 0 spiro atoms. The minimum absolute atomic E-state index is 0.0756. The van der Waals surface area contributed by atoms with Crippen LogP contribution in [0.4, 0.5) is 5.69 Å². The highest BCUT2D eigenvalue weighted by Gasteiger charge is 2.41. The predicted octanol–water partition coefficient (Wildman–Crippen LogP) is 3.70. The fourth-order valence-corrected chi connectivity index (χ4v) is 3.15. The molecule has 108 valence electrons. The van der Waals surface area contributed by atoms with E-state index in [0.29, 0.717) is 13.1 Å². The van der Waals surface area contributed by atoms with Crippen molar-refractivity contribution in [3.8, 4) is 0 Å². The Labute approximate surface area is 131 Å². The van der Waals surface area contributed by atoms with Crippen LogP contribution in [0.5, 0.6) is 0 Å². The third kappa shape index (κ3) is 2.93. The number of para-hydroxylation sites is 1. The number of anilines is 1. The maximum Gasteiger partial charge on any atom is 0.238 e. The molecule has 2 unspecified atom stereocenters. The van der Waals surface area contributed by atoms with Crippen LogP contribution in [0.1, 0.15) is 11.5 Å². The first-order chi connectivity index (χ1) is 10.1. The molecule has 2 atom stereocenters. The molecule has 2 aromatic rings. The molecule has 2 aromatic carbocycles. The highest BCUT2D eigenvalue weighted by molar-refractivity contribution is 9.10. The molecule has 5 heteroatoms. The van der Waals surface area contributed by atoms with Crippen LogP contribution in [0.25, 0.3) is 0 Å². The molecule has 0 bridgehead atoms. The maximum absolute atomic E-state index is 11.4. The molecule has 1 fully saturated rings. The number of benzene rings is 2. The quantitative estimate of drug-likeness (QED) is 0.628. The van der Waals surface area contributed by atoms with Crippen molar-refractivity contribution in [2.75, 3.05) is 18.0 Å². The summed E-state index contributed by atoms with van der Waals surface area (Å²) in [4.78, 5) is 13.4. The first-order valence-electron chi connectivity index (χ1n) is 6.84. The molecule has 0 amide bonds. The van der Waals surface area contributed by atoms with Gasteiger partial charge in [0.05, 0.1) is 12.5 Å². The molecule has 1 aliphatic heterocycles. The van der Waals surface area contributed by atoms with E-state index in [1.807, 2.05) is 54.6 Å². The molecular formula is C16H15BrN2O2. The van der Waals surface area contributed by atoms with E-state index in [2.05, 4.69) is 20.8 Å². The Morgan fingerprint density at radius 3 is 2.33 bits per heavy atom. The number of rotatable bonds is 3. The van der Waals surface area contributed by atoms with Crippen molar-refractivity contribution in [1.82, 2.24) is 0 Å². The summed E-state index contributed by atoms with van der Waals surface area (Å²) in [6.07, 6.45) is 0. The largest absolute Gasteiger partial charge is 0.364 e. The second-order valence-corrected chi connectivity index (χ2v) is 6.17. The van der Waals surface area contributed by atoms with Crippen molar-refractivity contribution in [3.05, 3.63) is 74.7 Å². The molecule has 0 saturated carbocycles. The molecule has 0 N–H and O–H groups in total. The molecule has 1 aliphatic rings. The Morgan fingerprint density at radius 2 is 1.71 bits per heavy atom. The van der Waals surface area contributed by atoms with Gasteiger partial charge in [-0.15, -0.1) is 0 Å². The van der Waals surface area contributed by atoms with Gasteiger partial charge in [-0.1, -0.05) is 46.3 Å². The average Bonchev–Trinajstić information content (AvgIpc) is 2.94. The Kier molecular flexibility index (Phi) is 3.92. The minimum atomic E-state index is -0.564. The summed E-state index contributed by atoms with van der Waals surface area (Å²) < 4.78 is 0.988. The molecule has 0 radical (unpaired) electrons. The van der Waals surface area contributed by atoms with Crippen LogP contribution in [0.3, 0.4) is 0 Å². The zero-order valence-corrected chi connectivity index (χ0v) is 12.9. The van der Waals surface area contributed by atoms with E-state index < -0.39 is 6.04 Å². The lowest BCUT2D eigenvalue weighted by Crippen LogP contribution is -2.28. The van der Waals surface area contributed by atoms with E-state index in [4.69, 9.17) is 0 Å². The summed E-state index contributed by atoms with van der Waals surface area (Å²) in [5.41, 5.74) is 2.07. The third-order valence-corrected chi connectivity index (χ3v) is 4.51. The predicted molar refractivity (Wildman–Crippen MR) is 86.3 cm³/mol. The first-order valence-corrected chi connectivity index (χ1v) is 7.63. The normalized spacial score (nSPS) is 21.5. The molecule has 0 aliphatic carbocycles. The molecule has 4 nitrogen and oxygen atoms in total. The van der Waals surface area contributed by atoms with Gasteiger partial charge in [0, 0.05) is 21.6 Å². The smallest absolute Gasteiger partial charge is 0.238 e. The van der Waals surface area contributed by atoms with E-state index in [0.717, 1.165) is 15.7 Å². The van der Waals surface area contributed by atoms with Gasteiger partial charge in [0.15, 0.2) is 0 Å². The van der Waals surface area contributed by atoms with Crippen LogP contribution in [0.2, 0.25) is 0 Å². The van der Waals surface area contributed by atoms with Crippen molar-refractivity contribution < 1.29 is 4.92 Å². The average molecular weight is 347 g/mol. The van der Waals surface area contributed by atoms with Crippen LogP contribution in [-0.4, -0.2) is 24.1 Å². The van der Waals surface area contributed by atoms with Gasteiger partial charge in [0.1, 0.15) is 0 Å². The highest BCUT2D eigenvalue weighted by atomic mass is 79.9. The summed E-state index contributed by atoms with van der Waals surface area (Å²) in [6, 6.07) is 17.1. The fraction of sp³-hybridized carbons (Fsp3) is 0.250. The molecule has 1 heterocycles. The zero-order valence-electron chi connectivity index (χ0n) is 11.4. The molecule has 21 heavy (non-hydrogen) atoms. The van der Waals surface area contributed by atoms with Crippen molar-refractivity contribution in [2.45, 2.75) is 12.0 Å². The van der Waals surface area contributed by atoms with E-state index in [-0.39, 0.29) is 10.8 Å². The van der Waals surface area contributed by atoms with Gasteiger partial charge in [0.2, 0.25) is 6.04 Å². The number of hydrogen-bond acceptors (Lipinski definition) is 3. The fourth-order valence-electron chi connectivity index (χ4n) is 2.89. The minimum Gasteiger partial charge on any atom is -0.364 e. The van der Waals surface area contributed by atoms with Crippen molar-refractivity contribution >= 4 is 21.6 Å². The van der Waals surface area contributed by atoms with Crippen LogP contribution < -0.4 is 4.90 Å². The van der Waals surface area contributed by atoms with Crippen molar-refractivity contribution in [3.63, 3.8) is 0 Å². The molecule has 0 aromatic heterocycles. The van der Waals surface area contributed by atoms with Gasteiger partial charge < -0.3 is 4.90 Å². The molecular weight excluding hydrogens is 332 g/mol. The molecule has 3 rings (SSSR count). The lowest BCUT2D eigenvalue weighted by atomic mass is 9.95. The van der Waals surface area contributed by atoms with Crippen molar-refractivity contribution in [2.24, 2.45) is 0 Å². The van der Waals surface area contributed by atoms with Gasteiger partial charge in [-0.05, 0) is 29.8 Å². The van der Waals surface area contributed by atoms with E-state index in [1.165, 1.54) is 0 Å². The van der Waals surface area contributed by atoms with Gasteiger partial charge in [-0.2, -0.15) is 0 Å². The van der Waals surface area contributed by atoms with Crippen molar-refractivity contribution in [1.29, 1.82) is 0 Å². The third-order valence-electron chi connectivity index (χ3n) is 3.98. The van der Waals surface area contributed by atoms with Gasteiger partial charge in [-0.25, -0.2) is 0 Å². The second kappa shape index (κ2) is 5.85. The maximum atomic E-state index is 11.4. The Balaban J connectivity index is 1.88. The lowest BCUT2D eigenvalue weighted by Gasteiger charge is -2.17. The SMILES string of the molecule is O=[N+]([O-])C1CN(c2ccccc2)CC1c1ccc(Br)cc1. The van der Waals surface area contributed by atoms with Crippen LogP contribution >= 0.6 is 15.9 Å². The van der Waals surface area contributed by atoms with Gasteiger partial charge in [0.25, 0.3) is 0 Å². The Hall–Kier alpha value is -1.88. The standard InChI is InChI=1S/C16H15BrN2O2/c17-13-8-6-12(7-9-13)15-10-18(11-16(15)19(20)21)14-4-2-1-3-5-14/h1-9,15-16H,10-11H2. The van der Waals surface area contributed by atoms with Crippen LogP contribution in [-0.2, 0) is 0 Å². The number of hydrogen-bond donors (Lipinski definition) is 0.